The van der Waals surface area contributed by atoms with Gasteiger partial charge in [0.15, 0.2) is 5.82 Å². The van der Waals surface area contributed by atoms with Crippen LogP contribution in [0, 0.1) is 6.92 Å². The van der Waals surface area contributed by atoms with Gasteiger partial charge in [0.2, 0.25) is 15.9 Å². The van der Waals surface area contributed by atoms with E-state index in [0.717, 1.165) is 5.56 Å². The Morgan fingerprint density at radius 3 is 2.15 bits per heavy atom. The van der Waals surface area contributed by atoms with Crippen molar-refractivity contribution in [3.8, 4) is 0 Å². The van der Waals surface area contributed by atoms with Crippen LogP contribution in [0.15, 0.2) is 33.7 Å². The third kappa shape index (κ3) is 4.23. The first-order chi connectivity index (χ1) is 12.6. The molecule has 8 heteroatoms. The molecule has 2 heterocycles. The molecule has 27 heavy (non-hydrogen) atoms. The van der Waals surface area contributed by atoms with E-state index in [1.54, 1.807) is 23.4 Å². The molecule has 1 fully saturated rings. The maximum absolute atomic E-state index is 13.0. The summed E-state index contributed by atoms with van der Waals surface area (Å²) in [6.45, 7) is 12.3. The van der Waals surface area contributed by atoms with Crippen molar-refractivity contribution in [2.45, 2.75) is 51.0 Å². The van der Waals surface area contributed by atoms with Gasteiger partial charge < -0.3 is 4.52 Å². The van der Waals surface area contributed by atoms with E-state index in [-0.39, 0.29) is 11.5 Å². The van der Waals surface area contributed by atoms with Crippen LogP contribution in [0.3, 0.4) is 0 Å². The lowest BCUT2D eigenvalue weighted by molar-refractivity contribution is 0.124. The molecule has 0 unspecified atom stereocenters. The van der Waals surface area contributed by atoms with E-state index in [2.05, 4.69) is 35.8 Å². The zero-order chi connectivity index (χ0) is 19.8. The molecule has 0 aliphatic carbocycles. The number of piperazine rings is 1. The van der Waals surface area contributed by atoms with Crippen LogP contribution in [-0.4, -0.2) is 53.9 Å². The fourth-order valence-corrected chi connectivity index (χ4v) is 4.67. The van der Waals surface area contributed by atoms with Crippen molar-refractivity contribution in [3.05, 3.63) is 41.5 Å². The zero-order valence-electron chi connectivity index (χ0n) is 16.6. The van der Waals surface area contributed by atoms with Crippen LogP contribution in [0.25, 0.3) is 0 Å². The summed E-state index contributed by atoms with van der Waals surface area (Å²) in [5.41, 5.74) is 1.12. The second-order valence-electron chi connectivity index (χ2n) is 8.07. The fraction of sp³-hybridized carbons (Fsp3) is 0.579. The first-order valence-electron chi connectivity index (χ1n) is 9.24. The number of aryl methyl sites for hydroxylation is 1. The Morgan fingerprint density at radius 2 is 1.67 bits per heavy atom. The summed E-state index contributed by atoms with van der Waals surface area (Å²) >= 11 is 0. The summed E-state index contributed by atoms with van der Waals surface area (Å²) < 4.78 is 32.7. The molecule has 1 aliphatic rings. The normalized spacial score (nSPS) is 18.6. The molecule has 2 aromatic rings. The van der Waals surface area contributed by atoms with E-state index < -0.39 is 10.0 Å². The number of sulfonamides is 1. The van der Waals surface area contributed by atoms with Crippen molar-refractivity contribution < 1.29 is 12.9 Å². The largest absolute Gasteiger partial charge is 0.338 e. The summed E-state index contributed by atoms with van der Waals surface area (Å²) in [4.78, 5) is 6.80. The van der Waals surface area contributed by atoms with Crippen molar-refractivity contribution in [1.29, 1.82) is 0 Å². The summed E-state index contributed by atoms with van der Waals surface area (Å²) in [5.74, 6) is 1.18. The molecule has 1 atom stereocenters. The molecule has 1 aliphatic heterocycles. The van der Waals surface area contributed by atoms with Gasteiger partial charge in [-0.25, -0.2) is 8.42 Å². The maximum atomic E-state index is 13.0. The van der Waals surface area contributed by atoms with E-state index >= 15 is 0 Å². The minimum absolute atomic E-state index is 0.00282. The van der Waals surface area contributed by atoms with Crippen molar-refractivity contribution in [3.63, 3.8) is 0 Å². The lowest BCUT2D eigenvalue weighted by atomic mass is 9.87. The molecule has 1 aromatic carbocycles. The Bertz CT molecular complexity index is 876. The van der Waals surface area contributed by atoms with E-state index in [0.29, 0.717) is 42.8 Å². The molecule has 7 nitrogen and oxygen atoms in total. The van der Waals surface area contributed by atoms with Gasteiger partial charge in [0, 0.05) is 26.2 Å². The Labute approximate surface area is 161 Å². The number of hydrogen-bond donors (Lipinski definition) is 0. The van der Waals surface area contributed by atoms with Crippen LogP contribution in [0.5, 0.6) is 0 Å². The van der Waals surface area contributed by atoms with Gasteiger partial charge in [0.1, 0.15) is 0 Å². The van der Waals surface area contributed by atoms with Crippen LogP contribution in [0.4, 0.5) is 0 Å². The maximum Gasteiger partial charge on any atom is 0.243 e. The smallest absolute Gasteiger partial charge is 0.243 e. The SMILES string of the molecule is Cc1noc([C@H](C)N2CCN(S(=O)(=O)c3ccc(C(C)(C)C)cc3)CC2)n1. The van der Waals surface area contributed by atoms with Crippen LogP contribution >= 0.6 is 0 Å². The molecular formula is C19H28N4O3S. The first kappa shape index (κ1) is 20.0. The number of rotatable bonds is 4. The molecule has 0 saturated carbocycles. The average molecular weight is 393 g/mol. The van der Waals surface area contributed by atoms with E-state index in [1.165, 1.54) is 0 Å². The zero-order valence-corrected chi connectivity index (χ0v) is 17.5. The van der Waals surface area contributed by atoms with Crippen molar-refractivity contribution in [2.24, 2.45) is 0 Å². The van der Waals surface area contributed by atoms with Crippen molar-refractivity contribution in [2.75, 3.05) is 26.2 Å². The van der Waals surface area contributed by atoms with Gasteiger partial charge in [0.05, 0.1) is 10.9 Å². The number of hydrogen-bond acceptors (Lipinski definition) is 6. The van der Waals surface area contributed by atoms with Crippen LogP contribution in [0.1, 0.15) is 51.0 Å². The number of benzene rings is 1. The third-order valence-electron chi connectivity index (χ3n) is 5.08. The number of nitrogens with zero attached hydrogens (tertiary/aromatic N) is 4. The Kier molecular flexibility index (Phi) is 5.42. The van der Waals surface area contributed by atoms with E-state index in [1.807, 2.05) is 19.1 Å². The Balaban J connectivity index is 1.67. The fourth-order valence-electron chi connectivity index (χ4n) is 3.25. The molecular weight excluding hydrogens is 364 g/mol. The molecule has 0 N–H and O–H groups in total. The lowest BCUT2D eigenvalue weighted by Crippen LogP contribution is -2.49. The number of aromatic nitrogens is 2. The molecule has 3 rings (SSSR count). The molecule has 1 saturated heterocycles. The monoisotopic (exact) mass is 392 g/mol. The molecule has 0 spiro atoms. The quantitative estimate of drug-likeness (QED) is 0.796. The highest BCUT2D eigenvalue weighted by molar-refractivity contribution is 7.89. The molecule has 0 radical (unpaired) electrons. The minimum Gasteiger partial charge on any atom is -0.338 e. The van der Waals surface area contributed by atoms with Crippen LogP contribution in [-0.2, 0) is 15.4 Å². The van der Waals surface area contributed by atoms with Crippen LogP contribution < -0.4 is 0 Å². The van der Waals surface area contributed by atoms with Gasteiger partial charge in [-0.3, -0.25) is 4.90 Å². The third-order valence-corrected chi connectivity index (χ3v) is 6.99. The predicted molar refractivity (Wildman–Crippen MR) is 103 cm³/mol. The summed E-state index contributed by atoms with van der Waals surface area (Å²) in [5, 5.41) is 3.83. The molecule has 0 bridgehead atoms. The Hall–Kier alpha value is -1.77. The van der Waals surface area contributed by atoms with Gasteiger partial charge in [-0.1, -0.05) is 38.1 Å². The summed E-state index contributed by atoms with van der Waals surface area (Å²) in [6, 6.07) is 7.21. The minimum atomic E-state index is -3.48. The highest BCUT2D eigenvalue weighted by Crippen LogP contribution is 2.26. The van der Waals surface area contributed by atoms with Gasteiger partial charge >= 0.3 is 0 Å². The van der Waals surface area contributed by atoms with Gasteiger partial charge in [-0.05, 0) is 37.0 Å². The Morgan fingerprint density at radius 1 is 1.07 bits per heavy atom. The molecule has 0 amide bonds. The molecule has 148 valence electrons. The predicted octanol–water partition coefficient (Wildman–Crippen LogP) is 2.74. The second-order valence-corrected chi connectivity index (χ2v) is 10.0. The van der Waals surface area contributed by atoms with Crippen LogP contribution in [0.2, 0.25) is 0 Å². The standard InChI is InChI=1S/C19H28N4O3S/c1-14(18-20-15(2)21-26-18)22-10-12-23(13-11-22)27(24,25)17-8-6-16(7-9-17)19(3,4)5/h6-9,14H,10-13H2,1-5H3/t14-/m0/s1. The second kappa shape index (κ2) is 7.33. The summed E-state index contributed by atoms with van der Waals surface area (Å²) in [6.07, 6.45) is 0. The van der Waals surface area contributed by atoms with Crippen molar-refractivity contribution >= 4 is 10.0 Å². The average Bonchev–Trinajstić information content (AvgIpc) is 3.07. The lowest BCUT2D eigenvalue weighted by Gasteiger charge is -2.36. The highest BCUT2D eigenvalue weighted by atomic mass is 32.2. The van der Waals surface area contributed by atoms with Crippen molar-refractivity contribution in [1.82, 2.24) is 19.3 Å². The van der Waals surface area contributed by atoms with Gasteiger partial charge in [0.25, 0.3) is 0 Å². The molecule has 1 aromatic heterocycles. The van der Waals surface area contributed by atoms with E-state index in [9.17, 15) is 8.42 Å². The highest BCUT2D eigenvalue weighted by Gasteiger charge is 2.31. The van der Waals surface area contributed by atoms with Gasteiger partial charge in [-0.15, -0.1) is 0 Å². The summed E-state index contributed by atoms with van der Waals surface area (Å²) in [7, 11) is -3.48. The van der Waals surface area contributed by atoms with E-state index in [4.69, 9.17) is 4.52 Å². The topological polar surface area (TPSA) is 79.5 Å². The first-order valence-corrected chi connectivity index (χ1v) is 10.7. The van der Waals surface area contributed by atoms with Gasteiger partial charge in [-0.2, -0.15) is 9.29 Å².